The highest BCUT2D eigenvalue weighted by Gasteiger charge is 2.28. The third-order valence-electron chi connectivity index (χ3n) is 2.17. The fourth-order valence-corrected chi connectivity index (χ4v) is 1.64. The maximum Gasteiger partial charge on any atom is 0.110 e. The van der Waals surface area contributed by atoms with E-state index in [1.54, 1.807) is 0 Å². The van der Waals surface area contributed by atoms with Gasteiger partial charge in [0.1, 0.15) is 5.76 Å². The second kappa shape index (κ2) is 3.48. The molecule has 0 aliphatic carbocycles. The van der Waals surface area contributed by atoms with E-state index < -0.39 is 0 Å². The van der Waals surface area contributed by atoms with Crippen molar-refractivity contribution in [3.05, 3.63) is 11.8 Å². The first-order valence-corrected chi connectivity index (χ1v) is 4.56. The molecule has 12 heavy (non-hydrogen) atoms. The van der Waals surface area contributed by atoms with Crippen molar-refractivity contribution in [3.8, 4) is 0 Å². The molecule has 0 bridgehead atoms. The van der Waals surface area contributed by atoms with Crippen LogP contribution in [-0.2, 0) is 4.74 Å². The third kappa shape index (κ3) is 2.01. The highest BCUT2D eigenvalue weighted by Crippen LogP contribution is 2.27. The van der Waals surface area contributed by atoms with E-state index in [1.807, 2.05) is 7.05 Å². The quantitative estimate of drug-likeness (QED) is 0.682. The molecule has 0 radical (unpaired) electrons. The van der Waals surface area contributed by atoms with Crippen molar-refractivity contribution in [1.29, 1.82) is 0 Å². The molecular formula is C10H19NO. The zero-order valence-electron chi connectivity index (χ0n) is 8.48. The van der Waals surface area contributed by atoms with Gasteiger partial charge in [0, 0.05) is 6.42 Å². The van der Waals surface area contributed by atoms with Gasteiger partial charge in [0.15, 0.2) is 0 Å². The van der Waals surface area contributed by atoms with Gasteiger partial charge in [-0.1, -0.05) is 20.8 Å². The van der Waals surface area contributed by atoms with E-state index in [0.29, 0.717) is 6.04 Å². The molecule has 0 amide bonds. The molecule has 1 rings (SSSR count). The molecule has 2 nitrogen and oxygen atoms in total. The fourth-order valence-electron chi connectivity index (χ4n) is 1.64. The van der Waals surface area contributed by atoms with Crippen molar-refractivity contribution < 1.29 is 4.74 Å². The van der Waals surface area contributed by atoms with Crippen molar-refractivity contribution in [2.24, 2.45) is 5.41 Å². The SMILES string of the molecule is CNC(C1=CCCO1)C(C)(C)C. The average molecular weight is 169 g/mol. The van der Waals surface area contributed by atoms with E-state index in [2.05, 4.69) is 32.2 Å². The first-order chi connectivity index (χ1) is 5.55. The number of hydrogen-bond donors (Lipinski definition) is 1. The van der Waals surface area contributed by atoms with Crippen LogP contribution >= 0.6 is 0 Å². The number of likely N-dealkylation sites (N-methyl/N-ethyl adjacent to an activating group) is 1. The van der Waals surface area contributed by atoms with Crippen LogP contribution in [0.3, 0.4) is 0 Å². The number of nitrogens with one attached hydrogen (secondary N) is 1. The van der Waals surface area contributed by atoms with Crippen LogP contribution in [0.15, 0.2) is 11.8 Å². The standard InChI is InChI=1S/C10H19NO/c1-10(2,3)9(11-4)8-6-5-7-12-8/h6,9,11H,5,7H2,1-4H3. The third-order valence-corrected chi connectivity index (χ3v) is 2.17. The second-order valence-corrected chi connectivity index (χ2v) is 4.33. The molecule has 0 saturated carbocycles. The minimum atomic E-state index is 0.227. The molecule has 0 aromatic heterocycles. The number of hydrogen-bond acceptors (Lipinski definition) is 2. The lowest BCUT2D eigenvalue weighted by Gasteiger charge is -2.30. The minimum absolute atomic E-state index is 0.227. The van der Waals surface area contributed by atoms with Crippen LogP contribution in [0, 0.1) is 5.41 Å². The smallest absolute Gasteiger partial charge is 0.110 e. The molecule has 0 spiro atoms. The Morgan fingerprint density at radius 1 is 1.50 bits per heavy atom. The molecule has 1 aliphatic heterocycles. The lowest BCUT2D eigenvalue weighted by atomic mass is 9.85. The van der Waals surface area contributed by atoms with Gasteiger partial charge in [-0.15, -0.1) is 0 Å². The summed E-state index contributed by atoms with van der Waals surface area (Å²) >= 11 is 0. The van der Waals surface area contributed by atoms with Crippen LogP contribution < -0.4 is 5.32 Å². The van der Waals surface area contributed by atoms with Gasteiger partial charge in [0.05, 0.1) is 12.6 Å². The Balaban J connectivity index is 2.68. The van der Waals surface area contributed by atoms with E-state index >= 15 is 0 Å². The summed E-state index contributed by atoms with van der Waals surface area (Å²) in [7, 11) is 1.98. The Hall–Kier alpha value is -0.500. The topological polar surface area (TPSA) is 21.3 Å². The average Bonchev–Trinajstić information content (AvgIpc) is 2.38. The van der Waals surface area contributed by atoms with Crippen LogP contribution in [0.4, 0.5) is 0 Å². The maximum absolute atomic E-state index is 5.53. The molecule has 0 saturated heterocycles. The van der Waals surface area contributed by atoms with Crippen LogP contribution in [0.1, 0.15) is 27.2 Å². The number of ether oxygens (including phenoxy) is 1. The Bertz CT molecular complexity index is 179. The van der Waals surface area contributed by atoms with Gasteiger partial charge < -0.3 is 10.1 Å². The Kier molecular flexibility index (Phi) is 2.78. The second-order valence-electron chi connectivity index (χ2n) is 4.33. The van der Waals surface area contributed by atoms with Crippen LogP contribution in [0.5, 0.6) is 0 Å². The predicted octanol–water partition coefficient (Wildman–Crippen LogP) is 1.92. The van der Waals surface area contributed by atoms with Crippen molar-refractivity contribution in [2.75, 3.05) is 13.7 Å². The molecule has 0 aromatic rings. The van der Waals surface area contributed by atoms with Gasteiger partial charge in [-0.2, -0.15) is 0 Å². The largest absolute Gasteiger partial charge is 0.496 e. The summed E-state index contributed by atoms with van der Waals surface area (Å²) in [4.78, 5) is 0. The Morgan fingerprint density at radius 2 is 2.17 bits per heavy atom. The van der Waals surface area contributed by atoms with E-state index in [4.69, 9.17) is 4.74 Å². The van der Waals surface area contributed by atoms with E-state index in [0.717, 1.165) is 18.8 Å². The fraction of sp³-hybridized carbons (Fsp3) is 0.800. The van der Waals surface area contributed by atoms with Gasteiger partial charge >= 0.3 is 0 Å². The van der Waals surface area contributed by atoms with Crippen molar-refractivity contribution in [1.82, 2.24) is 5.32 Å². The van der Waals surface area contributed by atoms with Gasteiger partial charge in [-0.25, -0.2) is 0 Å². The van der Waals surface area contributed by atoms with Crippen molar-refractivity contribution in [3.63, 3.8) is 0 Å². The normalized spacial score (nSPS) is 20.2. The minimum Gasteiger partial charge on any atom is -0.496 e. The predicted molar refractivity (Wildman–Crippen MR) is 51.0 cm³/mol. The summed E-state index contributed by atoms with van der Waals surface area (Å²) in [6.45, 7) is 7.51. The molecule has 1 atom stereocenters. The summed E-state index contributed by atoms with van der Waals surface area (Å²) < 4.78 is 5.53. The zero-order valence-corrected chi connectivity index (χ0v) is 8.48. The van der Waals surface area contributed by atoms with Gasteiger partial charge in [0.2, 0.25) is 0 Å². The first-order valence-electron chi connectivity index (χ1n) is 4.56. The molecule has 1 N–H and O–H groups in total. The highest BCUT2D eigenvalue weighted by atomic mass is 16.5. The van der Waals surface area contributed by atoms with Gasteiger partial charge in [-0.05, 0) is 18.5 Å². The Labute approximate surface area is 75.0 Å². The van der Waals surface area contributed by atoms with Crippen LogP contribution in [-0.4, -0.2) is 19.7 Å². The molecular weight excluding hydrogens is 150 g/mol. The van der Waals surface area contributed by atoms with Gasteiger partial charge in [-0.3, -0.25) is 0 Å². The van der Waals surface area contributed by atoms with Crippen LogP contribution in [0.2, 0.25) is 0 Å². The lowest BCUT2D eigenvalue weighted by Crippen LogP contribution is -2.39. The highest BCUT2D eigenvalue weighted by molar-refractivity contribution is 5.10. The molecule has 2 heteroatoms. The molecule has 70 valence electrons. The summed E-state index contributed by atoms with van der Waals surface area (Å²) in [5.41, 5.74) is 0.227. The summed E-state index contributed by atoms with van der Waals surface area (Å²) in [6.07, 6.45) is 3.25. The molecule has 0 aromatic carbocycles. The molecule has 1 heterocycles. The monoisotopic (exact) mass is 169 g/mol. The maximum atomic E-state index is 5.53. The van der Waals surface area contributed by atoms with Crippen molar-refractivity contribution in [2.45, 2.75) is 33.2 Å². The van der Waals surface area contributed by atoms with Crippen LogP contribution in [0.25, 0.3) is 0 Å². The van der Waals surface area contributed by atoms with E-state index in [9.17, 15) is 0 Å². The van der Waals surface area contributed by atoms with E-state index in [-0.39, 0.29) is 5.41 Å². The van der Waals surface area contributed by atoms with Crippen molar-refractivity contribution >= 4 is 0 Å². The summed E-state index contributed by atoms with van der Waals surface area (Å²) in [5.74, 6) is 1.12. The Morgan fingerprint density at radius 3 is 2.50 bits per heavy atom. The van der Waals surface area contributed by atoms with Gasteiger partial charge in [0.25, 0.3) is 0 Å². The first kappa shape index (κ1) is 9.59. The molecule has 1 unspecified atom stereocenters. The molecule has 1 aliphatic rings. The van der Waals surface area contributed by atoms with E-state index in [1.165, 1.54) is 0 Å². The number of rotatable bonds is 2. The zero-order chi connectivity index (χ0) is 9.19. The summed E-state index contributed by atoms with van der Waals surface area (Å²) in [6, 6.07) is 0.347. The lowest BCUT2D eigenvalue weighted by molar-refractivity contribution is 0.172. The summed E-state index contributed by atoms with van der Waals surface area (Å²) in [5, 5.41) is 3.29. The molecule has 0 fully saturated rings.